The lowest BCUT2D eigenvalue weighted by molar-refractivity contribution is -0.137. The summed E-state index contributed by atoms with van der Waals surface area (Å²) in [5.41, 5.74) is -0.0813. The zero-order valence-electron chi connectivity index (χ0n) is 14.4. The third kappa shape index (κ3) is 4.29. The molecule has 0 aliphatic carbocycles. The second-order valence-electron chi connectivity index (χ2n) is 5.97. The van der Waals surface area contributed by atoms with Crippen LogP contribution in [0.3, 0.4) is 0 Å². The topological polar surface area (TPSA) is 104 Å². The third-order valence-electron chi connectivity index (χ3n) is 4.01. The molecule has 0 unspecified atom stereocenters. The molecule has 1 aromatic heterocycles. The fourth-order valence-electron chi connectivity index (χ4n) is 2.70. The standard InChI is InChI=1S/C19H15ClFN3O4/c20-11-5-7-12(8-6-11)24-17(25)9-16(23-24)19(28)22-15(10-18(26)27)13-3-1-2-4-14(13)21/h1-9,15,23H,10H2,(H,22,28)(H,26,27)/t15-/m0/s1. The zero-order chi connectivity index (χ0) is 20.3. The smallest absolute Gasteiger partial charge is 0.305 e. The molecule has 7 nitrogen and oxygen atoms in total. The number of carbonyl (C=O) groups excluding carboxylic acids is 1. The number of carboxylic acids is 1. The molecule has 0 saturated carbocycles. The molecule has 2 aromatic carbocycles. The van der Waals surface area contributed by atoms with Crippen molar-refractivity contribution in [3.63, 3.8) is 0 Å². The highest BCUT2D eigenvalue weighted by Crippen LogP contribution is 2.20. The van der Waals surface area contributed by atoms with Crippen LogP contribution in [0, 0.1) is 5.82 Å². The van der Waals surface area contributed by atoms with E-state index in [4.69, 9.17) is 16.7 Å². The molecule has 0 aliphatic rings. The second kappa shape index (κ2) is 8.10. The summed E-state index contributed by atoms with van der Waals surface area (Å²) in [7, 11) is 0. The summed E-state index contributed by atoms with van der Waals surface area (Å²) in [6.45, 7) is 0. The number of amides is 1. The van der Waals surface area contributed by atoms with Crippen molar-refractivity contribution in [1.29, 1.82) is 0 Å². The minimum Gasteiger partial charge on any atom is -0.481 e. The van der Waals surface area contributed by atoms with Gasteiger partial charge in [0.05, 0.1) is 18.2 Å². The monoisotopic (exact) mass is 403 g/mol. The van der Waals surface area contributed by atoms with E-state index in [1.165, 1.54) is 24.3 Å². The predicted octanol–water partition coefficient (Wildman–Crippen LogP) is 2.90. The lowest BCUT2D eigenvalue weighted by atomic mass is 10.0. The van der Waals surface area contributed by atoms with Crippen LogP contribution in [-0.4, -0.2) is 26.8 Å². The number of aromatic amines is 1. The number of hydrogen-bond donors (Lipinski definition) is 3. The van der Waals surface area contributed by atoms with Crippen LogP contribution >= 0.6 is 11.6 Å². The molecule has 1 atom stereocenters. The molecule has 0 saturated heterocycles. The molecule has 1 amide bonds. The molecular formula is C19H15ClFN3O4. The summed E-state index contributed by atoms with van der Waals surface area (Å²) in [6, 6.07) is 11.9. The highest BCUT2D eigenvalue weighted by molar-refractivity contribution is 6.30. The van der Waals surface area contributed by atoms with Gasteiger partial charge in [-0.3, -0.25) is 19.5 Å². The predicted molar refractivity (Wildman–Crippen MR) is 100 cm³/mol. The lowest BCUT2D eigenvalue weighted by Crippen LogP contribution is -2.31. The number of aromatic nitrogens is 2. The number of nitrogens with zero attached hydrogens (tertiary/aromatic N) is 1. The van der Waals surface area contributed by atoms with Crippen LogP contribution in [0.25, 0.3) is 5.69 Å². The Bertz CT molecular complexity index is 1080. The Balaban J connectivity index is 1.87. The Kier molecular flexibility index (Phi) is 5.60. The molecule has 3 N–H and O–H groups in total. The number of hydrogen-bond acceptors (Lipinski definition) is 3. The van der Waals surface area contributed by atoms with E-state index >= 15 is 0 Å². The van der Waals surface area contributed by atoms with Crippen LogP contribution in [-0.2, 0) is 4.79 Å². The number of H-pyrrole nitrogens is 1. The van der Waals surface area contributed by atoms with Gasteiger partial charge < -0.3 is 10.4 Å². The van der Waals surface area contributed by atoms with Crippen LogP contribution in [0.4, 0.5) is 4.39 Å². The first kappa shape index (κ1) is 19.4. The van der Waals surface area contributed by atoms with Gasteiger partial charge in [0.1, 0.15) is 11.5 Å². The molecule has 3 rings (SSSR count). The van der Waals surface area contributed by atoms with Gasteiger partial charge in [0.15, 0.2) is 0 Å². The Hall–Kier alpha value is -3.39. The summed E-state index contributed by atoms with van der Waals surface area (Å²) < 4.78 is 15.2. The molecule has 9 heteroatoms. The molecule has 0 aliphatic heterocycles. The van der Waals surface area contributed by atoms with Gasteiger partial charge in [0, 0.05) is 16.7 Å². The largest absolute Gasteiger partial charge is 0.481 e. The van der Waals surface area contributed by atoms with Gasteiger partial charge in [-0.05, 0) is 30.3 Å². The molecule has 0 fully saturated rings. The Morgan fingerprint density at radius 3 is 2.50 bits per heavy atom. The normalized spacial score (nSPS) is 11.8. The van der Waals surface area contributed by atoms with E-state index < -0.39 is 35.7 Å². The van der Waals surface area contributed by atoms with Crippen molar-refractivity contribution in [2.24, 2.45) is 0 Å². The Morgan fingerprint density at radius 1 is 1.18 bits per heavy atom. The van der Waals surface area contributed by atoms with E-state index in [1.54, 1.807) is 24.3 Å². The molecule has 0 radical (unpaired) electrons. The van der Waals surface area contributed by atoms with E-state index in [9.17, 15) is 18.8 Å². The van der Waals surface area contributed by atoms with E-state index in [-0.39, 0.29) is 11.3 Å². The maximum atomic E-state index is 14.0. The maximum Gasteiger partial charge on any atom is 0.305 e. The number of rotatable bonds is 6. The summed E-state index contributed by atoms with van der Waals surface area (Å²) in [4.78, 5) is 35.9. The van der Waals surface area contributed by atoms with E-state index in [0.717, 1.165) is 10.7 Å². The highest BCUT2D eigenvalue weighted by atomic mass is 35.5. The van der Waals surface area contributed by atoms with Crippen LogP contribution in [0.2, 0.25) is 5.02 Å². The van der Waals surface area contributed by atoms with Crippen molar-refractivity contribution in [3.8, 4) is 5.69 Å². The van der Waals surface area contributed by atoms with Gasteiger partial charge in [0.25, 0.3) is 11.5 Å². The average Bonchev–Trinajstić information content (AvgIpc) is 3.04. The molecular weight excluding hydrogens is 389 g/mol. The highest BCUT2D eigenvalue weighted by Gasteiger charge is 2.23. The van der Waals surface area contributed by atoms with Crippen molar-refractivity contribution >= 4 is 23.5 Å². The average molecular weight is 404 g/mol. The number of aliphatic carboxylic acids is 1. The minimum atomic E-state index is -1.21. The van der Waals surface area contributed by atoms with E-state index in [0.29, 0.717) is 10.7 Å². The summed E-state index contributed by atoms with van der Waals surface area (Å²) in [5.74, 6) is -2.58. The van der Waals surface area contributed by atoms with Crippen LogP contribution < -0.4 is 10.9 Å². The number of carboxylic acid groups (broad SMARTS) is 1. The first-order chi connectivity index (χ1) is 13.3. The van der Waals surface area contributed by atoms with Crippen LogP contribution in [0.15, 0.2) is 59.4 Å². The Labute approximate surface area is 163 Å². The van der Waals surface area contributed by atoms with E-state index in [2.05, 4.69) is 10.4 Å². The van der Waals surface area contributed by atoms with Gasteiger partial charge in [-0.15, -0.1) is 0 Å². The number of halogens is 2. The fourth-order valence-corrected chi connectivity index (χ4v) is 2.83. The second-order valence-corrected chi connectivity index (χ2v) is 6.40. The first-order valence-electron chi connectivity index (χ1n) is 8.20. The van der Waals surface area contributed by atoms with Gasteiger partial charge in [-0.25, -0.2) is 9.07 Å². The van der Waals surface area contributed by atoms with E-state index in [1.807, 2.05) is 0 Å². The van der Waals surface area contributed by atoms with Gasteiger partial charge >= 0.3 is 5.97 Å². The molecule has 0 bridgehead atoms. The number of carbonyl (C=O) groups is 2. The van der Waals surface area contributed by atoms with Crippen molar-refractivity contribution in [2.45, 2.75) is 12.5 Å². The summed E-state index contributed by atoms with van der Waals surface area (Å²) >= 11 is 5.82. The molecule has 0 spiro atoms. The van der Waals surface area contributed by atoms with Crippen molar-refractivity contribution in [3.05, 3.63) is 87.0 Å². The van der Waals surface area contributed by atoms with Gasteiger partial charge in [0.2, 0.25) is 0 Å². The van der Waals surface area contributed by atoms with Gasteiger partial charge in [-0.2, -0.15) is 0 Å². The lowest BCUT2D eigenvalue weighted by Gasteiger charge is -2.17. The van der Waals surface area contributed by atoms with Crippen molar-refractivity contribution < 1.29 is 19.1 Å². The summed E-state index contributed by atoms with van der Waals surface area (Å²) in [5, 5.41) is 14.7. The molecule has 28 heavy (non-hydrogen) atoms. The number of nitrogens with one attached hydrogen (secondary N) is 2. The zero-order valence-corrected chi connectivity index (χ0v) is 15.1. The van der Waals surface area contributed by atoms with Crippen molar-refractivity contribution in [1.82, 2.24) is 15.1 Å². The molecule has 1 heterocycles. The minimum absolute atomic E-state index is 0.0396. The van der Waals surface area contributed by atoms with Crippen LogP contribution in [0.1, 0.15) is 28.5 Å². The quantitative estimate of drug-likeness (QED) is 0.588. The fraction of sp³-hybridized carbons (Fsp3) is 0.105. The SMILES string of the molecule is O=C(O)C[C@H](NC(=O)c1cc(=O)n(-c2ccc(Cl)cc2)[nH]1)c1ccccc1F. The molecule has 3 aromatic rings. The van der Waals surface area contributed by atoms with Crippen molar-refractivity contribution in [2.75, 3.05) is 0 Å². The maximum absolute atomic E-state index is 14.0. The first-order valence-corrected chi connectivity index (χ1v) is 8.58. The van der Waals surface area contributed by atoms with Crippen LogP contribution in [0.5, 0.6) is 0 Å². The third-order valence-corrected chi connectivity index (χ3v) is 4.27. The number of benzene rings is 2. The Morgan fingerprint density at radius 2 is 1.86 bits per heavy atom. The van der Waals surface area contributed by atoms with Gasteiger partial charge in [-0.1, -0.05) is 29.8 Å². The molecule has 144 valence electrons. The summed E-state index contributed by atoms with van der Waals surface area (Å²) in [6.07, 6.45) is -0.519.